The van der Waals surface area contributed by atoms with Gasteiger partial charge in [-0.1, -0.05) is 60.1 Å². The van der Waals surface area contributed by atoms with Crippen molar-refractivity contribution in [3.8, 4) is 0 Å². The van der Waals surface area contributed by atoms with Gasteiger partial charge in [0.15, 0.2) is 0 Å². The van der Waals surface area contributed by atoms with E-state index in [-0.39, 0.29) is 17.9 Å². The maximum atomic E-state index is 12.8. The molecular formula is C27H27ClN2O2S. The van der Waals surface area contributed by atoms with Gasteiger partial charge in [0.2, 0.25) is 5.91 Å². The van der Waals surface area contributed by atoms with Crippen LogP contribution >= 0.6 is 23.4 Å². The van der Waals surface area contributed by atoms with E-state index in [4.69, 9.17) is 16.3 Å². The predicted molar refractivity (Wildman–Crippen MR) is 135 cm³/mol. The summed E-state index contributed by atoms with van der Waals surface area (Å²) in [7, 11) is 0. The van der Waals surface area contributed by atoms with E-state index in [2.05, 4.69) is 53.5 Å². The first-order valence-electron chi connectivity index (χ1n) is 11.2. The largest absolute Gasteiger partial charge is 0.377 e. The fraction of sp³-hybridized carbons (Fsp3) is 0.296. The average Bonchev–Trinajstić information content (AvgIpc) is 3.23. The van der Waals surface area contributed by atoms with Gasteiger partial charge in [0.1, 0.15) is 0 Å². The first kappa shape index (κ1) is 22.5. The highest BCUT2D eigenvalue weighted by Gasteiger charge is 2.42. The molecule has 1 fully saturated rings. The summed E-state index contributed by atoms with van der Waals surface area (Å²) in [6.07, 6.45) is 0.255. The van der Waals surface area contributed by atoms with Gasteiger partial charge >= 0.3 is 0 Å². The lowest BCUT2D eigenvalue weighted by atomic mass is 9.98. The number of hydrogen-bond donors (Lipinski definition) is 1. The van der Waals surface area contributed by atoms with Crippen molar-refractivity contribution < 1.29 is 9.53 Å². The molecule has 2 heterocycles. The van der Waals surface area contributed by atoms with Crippen LogP contribution in [0.4, 0.5) is 5.69 Å². The quantitative estimate of drug-likeness (QED) is 0.428. The first-order chi connectivity index (χ1) is 16.0. The molecule has 4 nitrogen and oxygen atoms in total. The number of nitrogens with one attached hydrogen (secondary N) is 1. The van der Waals surface area contributed by atoms with Crippen molar-refractivity contribution in [3.05, 3.63) is 94.0 Å². The number of rotatable bonds is 7. The van der Waals surface area contributed by atoms with Gasteiger partial charge in [0.25, 0.3) is 0 Å². The molecule has 1 amide bonds. The minimum atomic E-state index is -0.0590. The van der Waals surface area contributed by atoms with Crippen molar-refractivity contribution in [2.24, 2.45) is 0 Å². The molecule has 0 aliphatic carbocycles. The molecule has 2 aliphatic heterocycles. The molecule has 0 atom stereocenters. The van der Waals surface area contributed by atoms with E-state index in [9.17, 15) is 4.79 Å². The molecule has 0 bridgehead atoms. The van der Waals surface area contributed by atoms with Gasteiger partial charge < -0.3 is 10.1 Å². The summed E-state index contributed by atoms with van der Waals surface area (Å²) in [5.74, 6) is 0.835. The van der Waals surface area contributed by atoms with Gasteiger partial charge in [-0.05, 0) is 47.4 Å². The lowest BCUT2D eigenvalue weighted by molar-refractivity contribution is -0.133. The summed E-state index contributed by atoms with van der Waals surface area (Å²) in [5, 5.41) is 3.73. The third-order valence-electron chi connectivity index (χ3n) is 6.43. The second-order valence-electron chi connectivity index (χ2n) is 9.05. The molecule has 1 saturated heterocycles. The first-order valence-corrected chi connectivity index (χ1v) is 12.6. The lowest BCUT2D eigenvalue weighted by Crippen LogP contribution is -2.58. The van der Waals surface area contributed by atoms with E-state index in [0.717, 1.165) is 43.3 Å². The van der Waals surface area contributed by atoms with Crippen molar-refractivity contribution in [3.63, 3.8) is 0 Å². The van der Waals surface area contributed by atoms with Crippen LogP contribution in [0.5, 0.6) is 0 Å². The Morgan fingerprint density at radius 1 is 1.09 bits per heavy atom. The molecule has 170 valence electrons. The van der Waals surface area contributed by atoms with E-state index in [1.165, 1.54) is 21.6 Å². The average molecular weight is 479 g/mol. The van der Waals surface area contributed by atoms with Crippen LogP contribution in [0.1, 0.15) is 29.2 Å². The zero-order valence-electron chi connectivity index (χ0n) is 18.6. The van der Waals surface area contributed by atoms with Crippen molar-refractivity contribution in [2.45, 2.75) is 42.6 Å². The molecule has 6 heteroatoms. The number of amides is 1. The number of ether oxygens (including phenoxy) is 1. The summed E-state index contributed by atoms with van der Waals surface area (Å²) >= 11 is 8.09. The van der Waals surface area contributed by atoms with Gasteiger partial charge in [0.05, 0.1) is 25.2 Å². The highest BCUT2D eigenvalue weighted by molar-refractivity contribution is 7.98. The zero-order chi connectivity index (χ0) is 22.8. The fourth-order valence-corrected chi connectivity index (χ4v) is 5.69. The van der Waals surface area contributed by atoms with Gasteiger partial charge in [-0.25, -0.2) is 0 Å². The Bertz CT molecular complexity index is 1160. The number of fused-ring (bicyclic) bond motifs is 1. The van der Waals surface area contributed by atoms with Crippen LogP contribution < -0.4 is 5.32 Å². The topological polar surface area (TPSA) is 41.6 Å². The molecule has 3 aromatic carbocycles. The summed E-state index contributed by atoms with van der Waals surface area (Å²) in [5.41, 5.74) is 5.72. The molecule has 0 unspecified atom stereocenters. The van der Waals surface area contributed by atoms with Crippen LogP contribution in [0.2, 0.25) is 5.02 Å². The smallest absolute Gasteiger partial charge is 0.228 e. The Morgan fingerprint density at radius 3 is 2.58 bits per heavy atom. The number of benzene rings is 3. The number of thioether (sulfide) groups is 1. The Balaban J connectivity index is 1.37. The maximum absolute atomic E-state index is 12.8. The number of nitrogens with zero attached hydrogens (tertiary/aromatic N) is 1. The number of hydrogen-bond acceptors (Lipinski definition) is 4. The van der Waals surface area contributed by atoms with Crippen LogP contribution in [0.3, 0.4) is 0 Å². The molecule has 5 rings (SSSR count). The molecule has 3 aromatic rings. The number of halogens is 1. The van der Waals surface area contributed by atoms with Crippen LogP contribution in [-0.4, -0.2) is 29.6 Å². The third kappa shape index (κ3) is 4.97. The van der Waals surface area contributed by atoms with Gasteiger partial charge in [-0.15, -0.1) is 11.8 Å². The van der Waals surface area contributed by atoms with E-state index in [0.29, 0.717) is 5.02 Å². The van der Waals surface area contributed by atoms with Crippen molar-refractivity contribution in [2.75, 3.05) is 18.5 Å². The van der Waals surface area contributed by atoms with Crippen LogP contribution in [0.25, 0.3) is 0 Å². The molecule has 1 N–H and O–H groups in total. The number of carbonyl (C=O) groups is 1. The van der Waals surface area contributed by atoms with Gasteiger partial charge in [0, 0.05) is 34.4 Å². The predicted octanol–water partition coefficient (Wildman–Crippen LogP) is 5.92. The van der Waals surface area contributed by atoms with Crippen molar-refractivity contribution in [1.29, 1.82) is 0 Å². The SMILES string of the molecule is CC1(N2Cc3cc(NC(=O)Cc4ccccc4Cl)cc(SCc4ccccc4)c3C2)COC1. The molecule has 0 aromatic heterocycles. The molecule has 33 heavy (non-hydrogen) atoms. The van der Waals surface area contributed by atoms with Crippen LogP contribution in [0, 0.1) is 0 Å². The van der Waals surface area contributed by atoms with Gasteiger partial charge in [-0.3, -0.25) is 9.69 Å². The Labute approximate surface area is 204 Å². The zero-order valence-corrected chi connectivity index (χ0v) is 20.2. The Hall–Kier alpha value is -2.31. The highest BCUT2D eigenvalue weighted by atomic mass is 35.5. The standard InChI is InChI=1S/C27H27ClN2O2S/c1-27(17-32-18-27)30-14-21-11-22(29-26(31)12-20-9-5-6-10-24(20)28)13-25(23(21)15-30)33-16-19-7-3-2-4-8-19/h2-11,13H,12,14-18H2,1H3,(H,29,31). The second kappa shape index (κ2) is 9.51. The summed E-state index contributed by atoms with van der Waals surface area (Å²) in [6.45, 7) is 5.61. The molecule has 0 saturated carbocycles. The Kier molecular flexibility index (Phi) is 6.48. The minimum Gasteiger partial charge on any atom is -0.377 e. The third-order valence-corrected chi connectivity index (χ3v) is 7.95. The van der Waals surface area contributed by atoms with E-state index in [1.54, 1.807) is 0 Å². The maximum Gasteiger partial charge on any atom is 0.228 e. The van der Waals surface area contributed by atoms with E-state index in [1.807, 2.05) is 42.1 Å². The fourth-order valence-electron chi connectivity index (χ4n) is 4.39. The van der Waals surface area contributed by atoms with Gasteiger partial charge in [-0.2, -0.15) is 0 Å². The van der Waals surface area contributed by atoms with Crippen molar-refractivity contribution in [1.82, 2.24) is 4.90 Å². The lowest BCUT2D eigenvalue weighted by Gasteiger charge is -2.45. The van der Waals surface area contributed by atoms with Crippen LogP contribution in [-0.2, 0) is 34.8 Å². The summed E-state index contributed by atoms with van der Waals surface area (Å²) in [4.78, 5) is 16.5. The number of carbonyl (C=O) groups excluding carboxylic acids is 1. The molecular weight excluding hydrogens is 452 g/mol. The normalized spacial score (nSPS) is 16.8. The molecule has 2 aliphatic rings. The minimum absolute atomic E-state index is 0.0590. The number of anilines is 1. The van der Waals surface area contributed by atoms with Crippen molar-refractivity contribution >= 4 is 35.0 Å². The second-order valence-corrected chi connectivity index (χ2v) is 10.5. The highest BCUT2D eigenvalue weighted by Crippen LogP contribution is 2.40. The summed E-state index contributed by atoms with van der Waals surface area (Å²) in [6, 6.07) is 22.2. The van der Waals surface area contributed by atoms with E-state index >= 15 is 0 Å². The van der Waals surface area contributed by atoms with E-state index < -0.39 is 0 Å². The molecule has 0 radical (unpaired) electrons. The Morgan fingerprint density at radius 2 is 1.85 bits per heavy atom. The van der Waals surface area contributed by atoms with Crippen LogP contribution in [0.15, 0.2) is 71.6 Å². The summed E-state index contributed by atoms with van der Waals surface area (Å²) < 4.78 is 5.51. The monoisotopic (exact) mass is 478 g/mol. The molecule has 0 spiro atoms.